The largest absolute Gasteiger partial charge is 0.492 e. The van der Waals surface area contributed by atoms with Crippen LogP contribution in [0.3, 0.4) is 0 Å². The molecule has 0 aromatic heterocycles. The van der Waals surface area contributed by atoms with Crippen molar-refractivity contribution in [1.29, 1.82) is 0 Å². The quantitative estimate of drug-likeness (QED) is 0.905. The number of likely N-dealkylation sites (N-methyl/N-ethyl adjacent to an activating group) is 1. The number of ether oxygens (including phenoxy) is 1. The minimum atomic E-state index is 0. The lowest BCUT2D eigenvalue weighted by Gasteiger charge is -2.31. The molecular formula is C14H22Cl2N2O. The maximum atomic E-state index is 5.83. The Morgan fingerprint density at radius 3 is 2.53 bits per heavy atom. The van der Waals surface area contributed by atoms with Crippen LogP contribution in [0.2, 0.25) is 5.02 Å². The zero-order chi connectivity index (χ0) is 12.8. The Balaban J connectivity index is 0.00000180. The maximum absolute atomic E-state index is 5.83. The van der Waals surface area contributed by atoms with Gasteiger partial charge in [0, 0.05) is 17.6 Å². The average Bonchev–Trinajstić information content (AvgIpc) is 2.42. The van der Waals surface area contributed by atoms with Crippen LogP contribution in [0.4, 0.5) is 0 Å². The van der Waals surface area contributed by atoms with Crippen molar-refractivity contribution < 1.29 is 4.74 Å². The second-order valence-corrected chi connectivity index (χ2v) is 5.20. The summed E-state index contributed by atoms with van der Waals surface area (Å²) in [5.41, 5.74) is 0. The predicted octanol–water partition coefficient (Wildman–Crippen LogP) is 2.82. The van der Waals surface area contributed by atoms with Crippen LogP contribution in [0.15, 0.2) is 24.3 Å². The molecule has 5 heteroatoms. The van der Waals surface area contributed by atoms with Crippen LogP contribution in [0.25, 0.3) is 0 Å². The Bertz CT molecular complexity index is 353. The molecule has 1 fully saturated rings. The van der Waals surface area contributed by atoms with Crippen molar-refractivity contribution in [1.82, 2.24) is 10.2 Å². The summed E-state index contributed by atoms with van der Waals surface area (Å²) in [6, 6.07) is 8.22. The first-order valence-electron chi connectivity index (χ1n) is 6.55. The first kappa shape index (κ1) is 16.6. The lowest BCUT2D eigenvalue weighted by molar-refractivity contribution is 0.165. The van der Waals surface area contributed by atoms with Crippen LogP contribution < -0.4 is 10.1 Å². The van der Waals surface area contributed by atoms with Crippen molar-refractivity contribution >= 4 is 24.0 Å². The third kappa shape index (κ3) is 5.57. The molecule has 19 heavy (non-hydrogen) atoms. The van der Waals surface area contributed by atoms with E-state index in [1.54, 1.807) is 0 Å². The summed E-state index contributed by atoms with van der Waals surface area (Å²) < 4.78 is 5.71. The average molecular weight is 305 g/mol. The molecule has 108 valence electrons. The van der Waals surface area contributed by atoms with Crippen molar-refractivity contribution in [3.63, 3.8) is 0 Å². The fourth-order valence-electron chi connectivity index (χ4n) is 2.27. The zero-order valence-electron chi connectivity index (χ0n) is 11.3. The minimum absolute atomic E-state index is 0. The normalized spacial score (nSPS) is 16.2. The van der Waals surface area contributed by atoms with E-state index in [4.69, 9.17) is 16.3 Å². The summed E-state index contributed by atoms with van der Waals surface area (Å²) >= 11 is 5.83. The maximum Gasteiger partial charge on any atom is 0.119 e. The van der Waals surface area contributed by atoms with Gasteiger partial charge in [-0.2, -0.15) is 0 Å². The fraction of sp³-hybridized carbons (Fsp3) is 0.571. The number of hydrogen-bond donors (Lipinski definition) is 1. The van der Waals surface area contributed by atoms with Gasteiger partial charge in [0.15, 0.2) is 0 Å². The van der Waals surface area contributed by atoms with Gasteiger partial charge in [-0.15, -0.1) is 12.4 Å². The number of nitrogens with one attached hydrogen (secondary N) is 1. The van der Waals surface area contributed by atoms with Crippen LogP contribution in [-0.4, -0.2) is 44.2 Å². The Kier molecular flexibility index (Phi) is 7.54. The fourth-order valence-corrected chi connectivity index (χ4v) is 2.39. The van der Waals surface area contributed by atoms with E-state index in [9.17, 15) is 0 Å². The van der Waals surface area contributed by atoms with E-state index in [1.807, 2.05) is 24.3 Å². The molecule has 1 saturated heterocycles. The number of halogens is 2. The van der Waals surface area contributed by atoms with Gasteiger partial charge >= 0.3 is 0 Å². The molecule has 0 unspecified atom stereocenters. The molecule has 0 spiro atoms. The van der Waals surface area contributed by atoms with E-state index >= 15 is 0 Å². The molecule has 0 atom stereocenters. The van der Waals surface area contributed by atoms with Crippen molar-refractivity contribution in [3.05, 3.63) is 29.3 Å². The molecule has 1 aliphatic heterocycles. The first-order valence-corrected chi connectivity index (χ1v) is 6.93. The number of nitrogens with zero attached hydrogens (tertiary/aromatic N) is 1. The van der Waals surface area contributed by atoms with Crippen LogP contribution in [0.5, 0.6) is 5.75 Å². The highest BCUT2D eigenvalue weighted by Gasteiger charge is 2.17. The number of hydrogen-bond acceptors (Lipinski definition) is 3. The van der Waals surface area contributed by atoms with Gasteiger partial charge in [0.05, 0.1) is 0 Å². The van der Waals surface area contributed by atoms with Gasteiger partial charge in [-0.05, 0) is 57.2 Å². The van der Waals surface area contributed by atoms with Crippen LogP contribution >= 0.6 is 24.0 Å². The standard InChI is InChI=1S/C14H21ClN2O.ClH/c1-17(13-6-8-16-9-7-13)10-11-18-14-4-2-12(15)3-5-14;/h2-5,13,16H,6-11H2,1H3;1H. The van der Waals surface area contributed by atoms with E-state index in [0.717, 1.165) is 37.0 Å². The molecule has 3 nitrogen and oxygen atoms in total. The second-order valence-electron chi connectivity index (χ2n) is 4.76. The smallest absolute Gasteiger partial charge is 0.119 e. The van der Waals surface area contributed by atoms with E-state index in [0.29, 0.717) is 6.04 Å². The molecule has 2 rings (SSSR count). The van der Waals surface area contributed by atoms with Gasteiger partial charge < -0.3 is 10.1 Å². The van der Waals surface area contributed by atoms with Crippen molar-refractivity contribution in [2.24, 2.45) is 0 Å². The lowest BCUT2D eigenvalue weighted by Crippen LogP contribution is -2.42. The van der Waals surface area contributed by atoms with Crippen molar-refractivity contribution in [2.75, 3.05) is 33.3 Å². The second kappa shape index (κ2) is 8.64. The van der Waals surface area contributed by atoms with E-state index in [2.05, 4.69) is 17.3 Å². The summed E-state index contributed by atoms with van der Waals surface area (Å²) in [6.45, 7) is 3.95. The summed E-state index contributed by atoms with van der Waals surface area (Å²) in [7, 11) is 2.18. The molecule has 0 amide bonds. The van der Waals surface area contributed by atoms with Crippen molar-refractivity contribution in [3.8, 4) is 5.75 Å². The Morgan fingerprint density at radius 1 is 1.26 bits per heavy atom. The van der Waals surface area contributed by atoms with Crippen LogP contribution in [0, 0.1) is 0 Å². The number of rotatable bonds is 5. The number of benzene rings is 1. The number of piperidine rings is 1. The minimum Gasteiger partial charge on any atom is -0.492 e. The topological polar surface area (TPSA) is 24.5 Å². The Hall–Kier alpha value is -0.480. The summed E-state index contributed by atoms with van der Waals surface area (Å²) in [5, 5.41) is 4.13. The highest BCUT2D eigenvalue weighted by molar-refractivity contribution is 6.30. The van der Waals surface area contributed by atoms with Gasteiger partial charge in [-0.3, -0.25) is 4.90 Å². The molecule has 1 N–H and O–H groups in total. The SMILES string of the molecule is CN(CCOc1ccc(Cl)cc1)C1CCNCC1.Cl. The van der Waals surface area contributed by atoms with Crippen LogP contribution in [0.1, 0.15) is 12.8 Å². The molecular weight excluding hydrogens is 283 g/mol. The highest BCUT2D eigenvalue weighted by atomic mass is 35.5. The third-order valence-electron chi connectivity index (χ3n) is 3.46. The van der Waals surface area contributed by atoms with Gasteiger partial charge in [0.2, 0.25) is 0 Å². The molecule has 1 aromatic carbocycles. The first-order chi connectivity index (χ1) is 8.75. The third-order valence-corrected chi connectivity index (χ3v) is 3.71. The summed E-state index contributed by atoms with van der Waals surface area (Å²) in [5.74, 6) is 0.887. The summed E-state index contributed by atoms with van der Waals surface area (Å²) in [4.78, 5) is 2.40. The predicted molar refractivity (Wildman–Crippen MR) is 82.7 cm³/mol. The van der Waals surface area contributed by atoms with Gasteiger partial charge in [-0.1, -0.05) is 11.6 Å². The van der Waals surface area contributed by atoms with Gasteiger partial charge in [0.25, 0.3) is 0 Å². The van der Waals surface area contributed by atoms with Gasteiger partial charge in [-0.25, -0.2) is 0 Å². The van der Waals surface area contributed by atoms with E-state index < -0.39 is 0 Å². The Morgan fingerprint density at radius 2 is 1.89 bits per heavy atom. The molecule has 1 aliphatic rings. The molecule has 0 aliphatic carbocycles. The van der Waals surface area contributed by atoms with E-state index in [-0.39, 0.29) is 12.4 Å². The van der Waals surface area contributed by atoms with Gasteiger partial charge in [0.1, 0.15) is 12.4 Å². The molecule has 0 saturated carbocycles. The highest BCUT2D eigenvalue weighted by Crippen LogP contribution is 2.15. The van der Waals surface area contributed by atoms with Crippen LogP contribution in [-0.2, 0) is 0 Å². The Labute approximate surface area is 126 Å². The molecule has 1 heterocycles. The van der Waals surface area contributed by atoms with Crippen molar-refractivity contribution in [2.45, 2.75) is 18.9 Å². The monoisotopic (exact) mass is 304 g/mol. The zero-order valence-corrected chi connectivity index (χ0v) is 12.8. The molecule has 0 bridgehead atoms. The summed E-state index contributed by atoms with van der Waals surface area (Å²) in [6.07, 6.45) is 2.47. The molecule has 0 radical (unpaired) electrons. The lowest BCUT2D eigenvalue weighted by atomic mass is 10.1. The molecule has 1 aromatic rings. The van der Waals surface area contributed by atoms with E-state index in [1.165, 1.54) is 12.8 Å².